The van der Waals surface area contributed by atoms with Gasteiger partial charge in [-0.3, -0.25) is 10.1 Å². The van der Waals surface area contributed by atoms with Gasteiger partial charge in [-0.05, 0) is 38.4 Å². The molecule has 0 amide bonds. The molecule has 2 heterocycles. The number of anilines is 2. The highest BCUT2D eigenvalue weighted by Gasteiger charge is 2.28. The molecule has 21 heavy (non-hydrogen) atoms. The molecule has 0 radical (unpaired) electrons. The number of nitro groups is 1. The summed E-state index contributed by atoms with van der Waals surface area (Å²) in [5.41, 5.74) is 2.50. The summed E-state index contributed by atoms with van der Waals surface area (Å²) in [5.74, 6) is 6.05. The monoisotopic (exact) mass is 294 g/mol. The summed E-state index contributed by atoms with van der Waals surface area (Å²) < 4.78 is 0. The Morgan fingerprint density at radius 2 is 2.05 bits per heavy atom. The first-order chi connectivity index (χ1) is 9.92. The number of rotatable bonds is 5. The second-order valence-corrected chi connectivity index (χ2v) is 5.96. The summed E-state index contributed by atoms with van der Waals surface area (Å²) >= 11 is 0. The highest BCUT2D eigenvalue weighted by molar-refractivity contribution is 5.54. The number of hydrogen-bond donors (Lipinski definition) is 3. The van der Waals surface area contributed by atoms with Crippen LogP contribution in [0.4, 0.5) is 17.3 Å². The molecular formula is C13H22N6O2. The van der Waals surface area contributed by atoms with Crippen molar-refractivity contribution in [2.24, 2.45) is 11.3 Å². The smallest absolute Gasteiger partial charge is 0.276 e. The third-order valence-electron chi connectivity index (χ3n) is 4.06. The zero-order valence-electron chi connectivity index (χ0n) is 12.4. The number of piperidine rings is 1. The molecule has 8 nitrogen and oxygen atoms in total. The Balaban J connectivity index is 2.05. The van der Waals surface area contributed by atoms with Crippen LogP contribution in [0.5, 0.6) is 0 Å². The first-order valence-corrected chi connectivity index (χ1v) is 6.97. The molecule has 116 valence electrons. The summed E-state index contributed by atoms with van der Waals surface area (Å²) in [7, 11) is 2.12. The van der Waals surface area contributed by atoms with E-state index in [0.717, 1.165) is 32.5 Å². The molecule has 0 aliphatic carbocycles. The van der Waals surface area contributed by atoms with Crippen molar-refractivity contribution in [2.75, 3.05) is 37.4 Å². The van der Waals surface area contributed by atoms with E-state index in [1.54, 1.807) is 0 Å². The van der Waals surface area contributed by atoms with E-state index in [4.69, 9.17) is 5.84 Å². The van der Waals surface area contributed by atoms with Crippen LogP contribution >= 0.6 is 0 Å². The Bertz CT molecular complexity index is 513. The molecule has 1 aliphatic rings. The van der Waals surface area contributed by atoms with Gasteiger partial charge in [0.05, 0.1) is 17.1 Å². The molecule has 4 N–H and O–H groups in total. The number of nitrogens with two attached hydrogens (primary N) is 1. The van der Waals surface area contributed by atoms with E-state index in [2.05, 4.69) is 34.6 Å². The van der Waals surface area contributed by atoms with Gasteiger partial charge in [-0.15, -0.1) is 0 Å². The minimum Gasteiger partial charge on any atom is -0.369 e. The molecule has 0 saturated carbocycles. The van der Waals surface area contributed by atoms with Gasteiger partial charge in [-0.25, -0.2) is 10.8 Å². The van der Waals surface area contributed by atoms with Crippen molar-refractivity contribution in [3.05, 3.63) is 22.2 Å². The Labute approximate surface area is 123 Å². The van der Waals surface area contributed by atoms with Gasteiger partial charge < -0.3 is 15.6 Å². The molecule has 8 heteroatoms. The van der Waals surface area contributed by atoms with E-state index in [0.29, 0.717) is 5.82 Å². The van der Waals surface area contributed by atoms with E-state index in [1.807, 2.05) is 0 Å². The predicted octanol–water partition coefficient (Wildman–Crippen LogP) is 1.42. The molecule has 1 aromatic rings. The standard InChI is InChI=1S/C13H22N6O2/c1-13(3-5-18(2)6-4-13)9-15-11-7-10(19(20)21)8-12(16-11)17-14/h7-8H,3-6,9,14H2,1-2H3,(H2,15,16,17). The van der Waals surface area contributed by atoms with Crippen LogP contribution in [0.2, 0.25) is 0 Å². The van der Waals surface area contributed by atoms with Crippen LogP contribution in [-0.2, 0) is 0 Å². The molecular weight excluding hydrogens is 272 g/mol. The fourth-order valence-corrected chi connectivity index (χ4v) is 2.43. The predicted molar refractivity (Wildman–Crippen MR) is 82.0 cm³/mol. The molecule has 0 unspecified atom stereocenters. The number of pyridine rings is 1. The lowest BCUT2D eigenvalue weighted by atomic mass is 9.80. The summed E-state index contributed by atoms with van der Waals surface area (Å²) in [6.45, 7) is 5.10. The highest BCUT2D eigenvalue weighted by atomic mass is 16.6. The quantitative estimate of drug-likeness (QED) is 0.428. The van der Waals surface area contributed by atoms with Gasteiger partial charge in [-0.1, -0.05) is 6.92 Å². The molecule has 1 saturated heterocycles. The van der Waals surface area contributed by atoms with Gasteiger partial charge in [0.15, 0.2) is 0 Å². The first kappa shape index (κ1) is 15.5. The largest absolute Gasteiger partial charge is 0.369 e. The molecule has 1 aliphatic heterocycles. The SMILES string of the molecule is CN1CCC(C)(CNc2cc([N+](=O)[O-])cc(NN)n2)CC1. The van der Waals surface area contributed by atoms with Gasteiger partial charge >= 0.3 is 0 Å². The van der Waals surface area contributed by atoms with E-state index in [9.17, 15) is 10.1 Å². The van der Waals surface area contributed by atoms with Crippen molar-refractivity contribution in [1.29, 1.82) is 0 Å². The van der Waals surface area contributed by atoms with Crippen molar-refractivity contribution < 1.29 is 4.92 Å². The zero-order valence-corrected chi connectivity index (χ0v) is 12.4. The number of nitrogens with zero attached hydrogens (tertiary/aromatic N) is 3. The summed E-state index contributed by atoms with van der Waals surface area (Å²) in [4.78, 5) is 17.0. The van der Waals surface area contributed by atoms with Gasteiger partial charge in [0.2, 0.25) is 0 Å². The minimum absolute atomic E-state index is 0.0334. The maximum absolute atomic E-state index is 10.9. The Kier molecular flexibility index (Phi) is 4.59. The number of hydrazine groups is 1. The second kappa shape index (κ2) is 6.23. The van der Waals surface area contributed by atoms with Crippen LogP contribution in [0.3, 0.4) is 0 Å². The van der Waals surface area contributed by atoms with Crippen molar-refractivity contribution >= 4 is 17.3 Å². The van der Waals surface area contributed by atoms with Crippen LogP contribution in [0, 0.1) is 15.5 Å². The lowest BCUT2D eigenvalue weighted by Gasteiger charge is -2.38. The first-order valence-electron chi connectivity index (χ1n) is 6.97. The van der Waals surface area contributed by atoms with Crippen LogP contribution < -0.4 is 16.6 Å². The number of aromatic nitrogens is 1. The van der Waals surface area contributed by atoms with Gasteiger partial charge in [-0.2, -0.15) is 0 Å². The molecule has 1 fully saturated rings. The normalized spacial score (nSPS) is 18.2. The third-order valence-corrected chi connectivity index (χ3v) is 4.06. The van der Waals surface area contributed by atoms with E-state index in [1.165, 1.54) is 12.1 Å². The van der Waals surface area contributed by atoms with Crippen LogP contribution in [0.25, 0.3) is 0 Å². The maximum atomic E-state index is 10.9. The summed E-state index contributed by atoms with van der Waals surface area (Å²) in [6, 6.07) is 2.74. The van der Waals surface area contributed by atoms with Crippen LogP contribution in [0.1, 0.15) is 19.8 Å². The number of likely N-dealkylation sites (tertiary alicyclic amines) is 1. The maximum Gasteiger partial charge on any atom is 0.276 e. The van der Waals surface area contributed by atoms with Gasteiger partial charge in [0, 0.05) is 6.54 Å². The summed E-state index contributed by atoms with van der Waals surface area (Å²) in [6.07, 6.45) is 2.18. The van der Waals surface area contributed by atoms with Crippen LogP contribution in [0.15, 0.2) is 12.1 Å². The Morgan fingerprint density at radius 3 is 2.62 bits per heavy atom. The number of nitrogen functional groups attached to an aromatic ring is 1. The van der Waals surface area contributed by atoms with Crippen molar-refractivity contribution in [3.8, 4) is 0 Å². The van der Waals surface area contributed by atoms with E-state index >= 15 is 0 Å². The summed E-state index contributed by atoms with van der Waals surface area (Å²) in [5, 5.41) is 14.1. The average Bonchev–Trinajstić information content (AvgIpc) is 2.48. The topological polar surface area (TPSA) is 109 Å². The van der Waals surface area contributed by atoms with Crippen LogP contribution in [-0.4, -0.2) is 41.5 Å². The van der Waals surface area contributed by atoms with E-state index in [-0.39, 0.29) is 16.9 Å². The molecule has 0 bridgehead atoms. The fourth-order valence-electron chi connectivity index (χ4n) is 2.43. The molecule has 0 spiro atoms. The van der Waals surface area contributed by atoms with Crippen molar-refractivity contribution in [1.82, 2.24) is 9.88 Å². The highest BCUT2D eigenvalue weighted by Crippen LogP contribution is 2.31. The average molecular weight is 294 g/mol. The number of hydrogen-bond acceptors (Lipinski definition) is 7. The molecule has 2 rings (SSSR count). The zero-order chi connectivity index (χ0) is 15.5. The second-order valence-electron chi connectivity index (χ2n) is 5.96. The lowest BCUT2D eigenvalue weighted by Crippen LogP contribution is -2.40. The van der Waals surface area contributed by atoms with E-state index < -0.39 is 4.92 Å². The number of nitrogens with one attached hydrogen (secondary N) is 2. The molecule has 0 aromatic carbocycles. The molecule has 1 aromatic heterocycles. The lowest BCUT2D eigenvalue weighted by molar-refractivity contribution is -0.384. The molecule has 0 atom stereocenters. The Hall–Kier alpha value is -1.93. The van der Waals surface area contributed by atoms with Crippen molar-refractivity contribution in [2.45, 2.75) is 19.8 Å². The van der Waals surface area contributed by atoms with Gasteiger partial charge in [0.25, 0.3) is 5.69 Å². The van der Waals surface area contributed by atoms with Gasteiger partial charge in [0.1, 0.15) is 11.6 Å². The third kappa shape index (κ3) is 4.02. The minimum atomic E-state index is -0.453. The van der Waals surface area contributed by atoms with Crippen molar-refractivity contribution in [3.63, 3.8) is 0 Å². The Morgan fingerprint density at radius 1 is 1.43 bits per heavy atom. The fraction of sp³-hybridized carbons (Fsp3) is 0.615.